The zero-order chi connectivity index (χ0) is 12.3. The maximum absolute atomic E-state index is 9.80. The van der Waals surface area contributed by atoms with Crippen LogP contribution in [-0.4, -0.2) is 17.0 Å². The number of para-hydroxylation sites is 1. The summed E-state index contributed by atoms with van der Waals surface area (Å²) in [6.07, 6.45) is 0. The van der Waals surface area contributed by atoms with Crippen molar-refractivity contribution in [2.75, 3.05) is 7.11 Å². The molecule has 1 aromatic heterocycles. The van der Waals surface area contributed by atoms with E-state index in [-0.39, 0.29) is 0 Å². The average Bonchev–Trinajstić information content (AvgIpc) is 2.34. The number of halogens is 1. The van der Waals surface area contributed by atoms with E-state index in [1.165, 1.54) is 7.11 Å². The summed E-state index contributed by atoms with van der Waals surface area (Å²) < 4.78 is 5.84. The number of rotatable bonds is 2. The molecule has 0 saturated carbocycles. The Balaban J connectivity index is 2.58. The molecule has 1 N–H and O–H groups in total. The number of hydrogen-bond acceptors (Lipinski definition) is 3. The Morgan fingerprint density at radius 1 is 1.18 bits per heavy atom. The lowest BCUT2D eigenvalue weighted by Gasteiger charge is -2.05. The fourth-order valence-corrected chi connectivity index (χ4v) is 1.55. The monoisotopic (exact) mass is 250 g/mol. The van der Waals surface area contributed by atoms with Crippen LogP contribution in [0.1, 0.15) is 0 Å². The lowest BCUT2D eigenvalue weighted by Crippen LogP contribution is -2.18. The van der Waals surface area contributed by atoms with Crippen LogP contribution < -0.4 is 10.2 Å². The van der Waals surface area contributed by atoms with E-state index >= 15 is 0 Å². The Labute approximate surface area is 103 Å². The van der Waals surface area contributed by atoms with Crippen LogP contribution in [0.4, 0.5) is 5.69 Å². The fraction of sp³-hybridized carbons (Fsp3) is 0.0833. The minimum atomic E-state index is 0.304. The molecule has 0 saturated heterocycles. The topological polar surface area (TPSA) is 46.8 Å². The Bertz CT molecular complexity index is 593. The van der Waals surface area contributed by atoms with Crippen molar-refractivity contribution in [3.8, 4) is 5.88 Å². The van der Waals surface area contributed by atoms with Crippen molar-refractivity contribution in [1.82, 2.24) is 4.73 Å². The molecule has 2 rings (SSSR count). The van der Waals surface area contributed by atoms with Crippen LogP contribution in [0.15, 0.2) is 47.5 Å². The molecule has 1 heterocycles. The van der Waals surface area contributed by atoms with Gasteiger partial charge in [0, 0.05) is 6.07 Å². The molecule has 0 amide bonds. The van der Waals surface area contributed by atoms with Crippen LogP contribution in [0.5, 0.6) is 5.88 Å². The molecule has 0 aliphatic rings. The largest absolute Gasteiger partial charge is 0.480 e. The quantitative estimate of drug-likeness (QED) is 0.833. The summed E-state index contributed by atoms with van der Waals surface area (Å²) >= 11 is 5.98. The molecule has 0 spiro atoms. The number of pyridine rings is 1. The van der Waals surface area contributed by atoms with Crippen LogP contribution >= 0.6 is 11.6 Å². The van der Waals surface area contributed by atoms with E-state index in [0.717, 1.165) is 4.73 Å². The van der Waals surface area contributed by atoms with Crippen molar-refractivity contribution in [3.05, 3.63) is 53.0 Å². The van der Waals surface area contributed by atoms with Crippen LogP contribution in [0.2, 0.25) is 5.02 Å². The van der Waals surface area contributed by atoms with Gasteiger partial charge in [-0.2, -0.15) is 0 Å². The summed E-state index contributed by atoms with van der Waals surface area (Å²) in [5.41, 5.74) is 0.933. The maximum atomic E-state index is 9.80. The molecule has 0 unspecified atom stereocenters. The van der Waals surface area contributed by atoms with Gasteiger partial charge >= 0.3 is 0 Å². The van der Waals surface area contributed by atoms with Crippen molar-refractivity contribution >= 4 is 17.3 Å². The third kappa shape index (κ3) is 2.42. The van der Waals surface area contributed by atoms with Gasteiger partial charge in [-0.15, -0.1) is 4.73 Å². The number of hydrogen-bond donors (Lipinski definition) is 1. The third-order valence-corrected chi connectivity index (χ3v) is 2.53. The maximum Gasteiger partial charge on any atom is 0.229 e. The molecular weight excluding hydrogens is 240 g/mol. The van der Waals surface area contributed by atoms with Gasteiger partial charge in [0.1, 0.15) is 0 Å². The zero-order valence-electron chi connectivity index (χ0n) is 9.17. The van der Waals surface area contributed by atoms with Gasteiger partial charge in [0.2, 0.25) is 5.88 Å². The van der Waals surface area contributed by atoms with Gasteiger partial charge < -0.3 is 9.94 Å². The van der Waals surface area contributed by atoms with E-state index in [0.29, 0.717) is 22.1 Å². The van der Waals surface area contributed by atoms with Crippen molar-refractivity contribution in [1.29, 1.82) is 0 Å². The molecule has 4 nitrogen and oxygen atoms in total. The standard InChI is InChI=1S/C12H11ClN2O2/c1-17-12-8-4-7-11(15(12)16)14-10-6-3-2-5-9(10)13/h2-8,16H,1H3. The average molecular weight is 251 g/mol. The molecule has 0 bridgehead atoms. The first-order valence-corrected chi connectivity index (χ1v) is 5.35. The third-order valence-electron chi connectivity index (χ3n) is 2.21. The summed E-state index contributed by atoms with van der Waals surface area (Å²) in [4.78, 5) is 4.25. The number of methoxy groups -OCH3 is 1. The molecule has 0 atom stereocenters. The van der Waals surface area contributed by atoms with Gasteiger partial charge in [-0.05, 0) is 18.2 Å². The van der Waals surface area contributed by atoms with Gasteiger partial charge in [-0.3, -0.25) is 0 Å². The minimum absolute atomic E-state index is 0.304. The Hall–Kier alpha value is -1.94. The second-order valence-corrected chi connectivity index (χ2v) is 3.71. The number of ether oxygens (including phenoxy) is 1. The lowest BCUT2D eigenvalue weighted by atomic mass is 10.3. The molecule has 88 valence electrons. The Kier molecular flexibility index (Phi) is 3.35. The minimum Gasteiger partial charge on any atom is -0.480 e. The normalized spacial score (nSPS) is 11.5. The van der Waals surface area contributed by atoms with Gasteiger partial charge in [0.05, 0.1) is 17.8 Å². The molecule has 0 radical (unpaired) electrons. The summed E-state index contributed by atoms with van der Waals surface area (Å²) in [5, 5.41) is 10.3. The van der Waals surface area contributed by atoms with Crippen LogP contribution in [0.25, 0.3) is 0 Å². The molecule has 0 aliphatic heterocycles. The van der Waals surface area contributed by atoms with Crippen molar-refractivity contribution in [2.24, 2.45) is 4.99 Å². The summed E-state index contributed by atoms with van der Waals surface area (Å²) in [6.45, 7) is 0. The Morgan fingerprint density at radius 2 is 1.94 bits per heavy atom. The number of benzene rings is 1. The summed E-state index contributed by atoms with van der Waals surface area (Å²) in [5.74, 6) is 0.304. The van der Waals surface area contributed by atoms with E-state index < -0.39 is 0 Å². The highest BCUT2D eigenvalue weighted by Crippen LogP contribution is 2.22. The van der Waals surface area contributed by atoms with Crippen LogP contribution in [0.3, 0.4) is 0 Å². The molecule has 2 aromatic rings. The fourth-order valence-electron chi connectivity index (χ4n) is 1.38. The first-order valence-electron chi connectivity index (χ1n) is 4.97. The number of aromatic nitrogens is 1. The second kappa shape index (κ2) is 4.93. The van der Waals surface area contributed by atoms with Crippen molar-refractivity contribution in [3.63, 3.8) is 0 Å². The highest BCUT2D eigenvalue weighted by Gasteiger charge is 2.00. The predicted octanol–water partition coefficient (Wildman–Crippen LogP) is 2.62. The molecule has 5 heteroatoms. The van der Waals surface area contributed by atoms with E-state index in [2.05, 4.69) is 4.99 Å². The molecular formula is C12H11ClN2O2. The van der Waals surface area contributed by atoms with E-state index in [9.17, 15) is 5.21 Å². The van der Waals surface area contributed by atoms with Gasteiger partial charge in [-0.1, -0.05) is 29.8 Å². The first-order chi connectivity index (χ1) is 8.22. The van der Waals surface area contributed by atoms with Gasteiger partial charge in [-0.25, -0.2) is 4.99 Å². The Morgan fingerprint density at radius 3 is 2.65 bits per heavy atom. The first kappa shape index (κ1) is 11.5. The second-order valence-electron chi connectivity index (χ2n) is 3.30. The van der Waals surface area contributed by atoms with Crippen molar-refractivity contribution in [2.45, 2.75) is 0 Å². The van der Waals surface area contributed by atoms with Crippen LogP contribution in [-0.2, 0) is 0 Å². The zero-order valence-corrected chi connectivity index (χ0v) is 9.93. The summed E-state index contributed by atoms with van der Waals surface area (Å²) in [6, 6.07) is 12.2. The molecule has 1 aromatic carbocycles. The van der Waals surface area contributed by atoms with E-state index in [4.69, 9.17) is 16.3 Å². The summed E-state index contributed by atoms with van der Waals surface area (Å²) in [7, 11) is 1.47. The van der Waals surface area contributed by atoms with E-state index in [1.54, 1.807) is 30.3 Å². The predicted molar refractivity (Wildman–Crippen MR) is 64.8 cm³/mol. The highest BCUT2D eigenvalue weighted by molar-refractivity contribution is 6.32. The smallest absolute Gasteiger partial charge is 0.229 e. The highest BCUT2D eigenvalue weighted by atomic mass is 35.5. The number of nitrogens with zero attached hydrogens (tertiary/aromatic N) is 2. The molecule has 0 aliphatic carbocycles. The SMILES string of the molecule is COc1cccc(=Nc2ccccc2Cl)n1O. The molecule has 0 fully saturated rings. The lowest BCUT2D eigenvalue weighted by molar-refractivity contribution is 0.139. The van der Waals surface area contributed by atoms with Gasteiger partial charge in [0.15, 0.2) is 5.49 Å². The van der Waals surface area contributed by atoms with Crippen LogP contribution in [0, 0.1) is 0 Å². The molecule has 17 heavy (non-hydrogen) atoms. The van der Waals surface area contributed by atoms with E-state index in [1.807, 2.05) is 12.1 Å². The van der Waals surface area contributed by atoms with Crippen molar-refractivity contribution < 1.29 is 9.94 Å². The van der Waals surface area contributed by atoms with Gasteiger partial charge in [0.25, 0.3) is 0 Å².